The molecular formula is C11H18N2O2. The summed E-state index contributed by atoms with van der Waals surface area (Å²) in [6.45, 7) is 0.633. The summed E-state index contributed by atoms with van der Waals surface area (Å²) < 4.78 is 5.16. The lowest BCUT2D eigenvalue weighted by Gasteiger charge is -2.15. The van der Waals surface area contributed by atoms with Gasteiger partial charge in [0.15, 0.2) is 0 Å². The molecule has 4 nitrogen and oxygen atoms in total. The van der Waals surface area contributed by atoms with Crippen LogP contribution in [0.2, 0.25) is 0 Å². The molecule has 15 heavy (non-hydrogen) atoms. The van der Waals surface area contributed by atoms with Crippen molar-refractivity contribution in [3.8, 4) is 11.5 Å². The SMILES string of the molecule is COc1cc(O)ccc1[C@@H](N)CCCN. The Morgan fingerprint density at radius 2 is 2.20 bits per heavy atom. The normalized spacial score (nSPS) is 12.5. The highest BCUT2D eigenvalue weighted by Crippen LogP contribution is 2.29. The lowest BCUT2D eigenvalue weighted by atomic mass is 10.0. The molecular weight excluding hydrogens is 192 g/mol. The van der Waals surface area contributed by atoms with E-state index in [-0.39, 0.29) is 11.8 Å². The summed E-state index contributed by atoms with van der Waals surface area (Å²) in [5.74, 6) is 0.807. The first kappa shape index (κ1) is 11.8. The smallest absolute Gasteiger partial charge is 0.127 e. The highest BCUT2D eigenvalue weighted by Gasteiger charge is 2.11. The van der Waals surface area contributed by atoms with Crippen LogP contribution in [0.15, 0.2) is 18.2 Å². The lowest BCUT2D eigenvalue weighted by Crippen LogP contribution is -2.13. The van der Waals surface area contributed by atoms with Crippen LogP contribution in [0.25, 0.3) is 0 Å². The highest BCUT2D eigenvalue weighted by atomic mass is 16.5. The van der Waals surface area contributed by atoms with Crippen molar-refractivity contribution in [1.29, 1.82) is 0 Å². The number of benzene rings is 1. The standard InChI is InChI=1S/C11H18N2O2/c1-15-11-7-8(14)4-5-9(11)10(13)3-2-6-12/h4-5,7,10,14H,2-3,6,12-13H2,1H3/t10-/m0/s1. The molecule has 0 fully saturated rings. The molecule has 1 aromatic carbocycles. The van der Waals surface area contributed by atoms with E-state index in [1.54, 1.807) is 25.3 Å². The van der Waals surface area contributed by atoms with Gasteiger partial charge in [-0.2, -0.15) is 0 Å². The zero-order valence-electron chi connectivity index (χ0n) is 8.94. The molecule has 0 aliphatic rings. The molecule has 0 radical (unpaired) electrons. The van der Waals surface area contributed by atoms with Gasteiger partial charge < -0.3 is 21.3 Å². The van der Waals surface area contributed by atoms with Crippen molar-refractivity contribution in [2.75, 3.05) is 13.7 Å². The van der Waals surface area contributed by atoms with E-state index in [9.17, 15) is 5.11 Å². The molecule has 1 aromatic rings. The minimum absolute atomic E-state index is 0.0934. The van der Waals surface area contributed by atoms with Gasteiger partial charge in [-0.15, -0.1) is 0 Å². The van der Waals surface area contributed by atoms with Crippen LogP contribution >= 0.6 is 0 Å². The molecule has 0 aromatic heterocycles. The Hall–Kier alpha value is -1.26. The fourth-order valence-electron chi connectivity index (χ4n) is 1.50. The fourth-order valence-corrected chi connectivity index (χ4v) is 1.50. The Morgan fingerprint density at radius 3 is 2.80 bits per heavy atom. The summed E-state index contributed by atoms with van der Waals surface area (Å²) in [4.78, 5) is 0. The lowest BCUT2D eigenvalue weighted by molar-refractivity contribution is 0.397. The highest BCUT2D eigenvalue weighted by molar-refractivity contribution is 5.41. The third-order valence-corrected chi connectivity index (χ3v) is 2.34. The van der Waals surface area contributed by atoms with Gasteiger partial charge in [0.2, 0.25) is 0 Å². The maximum atomic E-state index is 9.29. The first-order chi connectivity index (χ1) is 7.19. The van der Waals surface area contributed by atoms with Gasteiger partial charge in [0.25, 0.3) is 0 Å². The van der Waals surface area contributed by atoms with E-state index in [1.807, 2.05) is 0 Å². The van der Waals surface area contributed by atoms with Gasteiger partial charge in [0, 0.05) is 17.7 Å². The number of aromatic hydroxyl groups is 1. The molecule has 5 N–H and O–H groups in total. The molecule has 4 heteroatoms. The number of hydrogen-bond donors (Lipinski definition) is 3. The van der Waals surface area contributed by atoms with Crippen LogP contribution in [-0.2, 0) is 0 Å². The molecule has 0 aliphatic carbocycles. The number of ether oxygens (including phenoxy) is 1. The predicted octanol–water partition coefficient (Wildman–Crippen LogP) is 1.14. The van der Waals surface area contributed by atoms with Crippen molar-refractivity contribution in [2.24, 2.45) is 11.5 Å². The van der Waals surface area contributed by atoms with Crippen molar-refractivity contribution in [2.45, 2.75) is 18.9 Å². The molecule has 1 rings (SSSR count). The van der Waals surface area contributed by atoms with E-state index in [0.717, 1.165) is 18.4 Å². The van der Waals surface area contributed by atoms with Gasteiger partial charge in [0.05, 0.1) is 7.11 Å². The molecule has 0 amide bonds. The Morgan fingerprint density at radius 1 is 1.47 bits per heavy atom. The average Bonchev–Trinajstić information content (AvgIpc) is 2.25. The minimum atomic E-state index is -0.0934. The Balaban J connectivity index is 2.82. The van der Waals surface area contributed by atoms with Gasteiger partial charge in [0.1, 0.15) is 11.5 Å². The maximum absolute atomic E-state index is 9.29. The summed E-state index contributed by atoms with van der Waals surface area (Å²) in [5.41, 5.74) is 12.3. The maximum Gasteiger partial charge on any atom is 0.127 e. The number of phenolic OH excluding ortho intramolecular Hbond substituents is 1. The largest absolute Gasteiger partial charge is 0.508 e. The number of rotatable bonds is 5. The molecule has 0 heterocycles. The third-order valence-electron chi connectivity index (χ3n) is 2.34. The van der Waals surface area contributed by atoms with Crippen molar-refractivity contribution in [3.63, 3.8) is 0 Å². The quantitative estimate of drug-likeness (QED) is 0.680. The van der Waals surface area contributed by atoms with Crippen molar-refractivity contribution in [3.05, 3.63) is 23.8 Å². The molecule has 84 valence electrons. The third kappa shape index (κ3) is 3.11. The first-order valence-electron chi connectivity index (χ1n) is 5.01. The summed E-state index contributed by atoms with van der Waals surface area (Å²) >= 11 is 0. The monoisotopic (exact) mass is 210 g/mol. The van der Waals surface area contributed by atoms with Crippen LogP contribution in [0.4, 0.5) is 0 Å². The van der Waals surface area contributed by atoms with E-state index in [1.165, 1.54) is 0 Å². The van der Waals surface area contributed by atoms with Crippen LogP contribution in [0.3, 0.4) is 0 Å². The Bertz CT molecular complexity index is 315. The summed E-state index contributed by atoms with van der Waals surface area (Å²) in [5, 5.41) is 9.29. The fraction of sp³-hybridized carbons (Fsp3) is 0.455. The van der Waals surface area contributed by atoms with Gasteiger partial charge in [-0.1, -0.05) is 6.07 Å². The van der Waals surface area contributed by atoms with Crippen LogP contribution in [-0.4, -0.2) is 18.8 Å². The van der Waals surface area contributed by atoms with Crippen molar-refractivity contribution >= 4 is 0 Å². The van der Waals surface area contributed by atoms with E-state index in [0.29, 0.717) is 12.3 Å². The van der Waals surface area contributed by atoms with E-state index < -0.39 is 0 Å². The van der Waals surface area contributed by atoms with E-state index in [4.69, 9.17) is 16.2 Å². The van der Waals surface area contributed by atoms with Gasteiger partial charge in [-0.3, -0.25) is 0 Å². The molecule has 0 saturated carbocycles. The molecule has 0 bridgehead atoms. The summed E-state index contributed by atoms with van der Waals surface area (Å²) in [6.07, 6.45) is 1.70. The zero-order valence-corrected chi connectivity index (χ0v) is 8.94. The minimum Gasteiger partial charge on any atom is -0.508 e. The molecule has 0 aliphatic heterocycles. The van der Waals surface area contributed by atoms with Gasteiger partial charge in [-0.25, -0.2) is 0 Å². The topological polar surface area (TPSA) is 81.5 Å². The van der Waals surface area contributed by atoms with E-state index in [2.05, 4.69) is 0 Å². The van der Waals surface area contributed by atoms with E-state index >= 15 is 0 Å². The number of methoxy groups -OCH3 is 1. The molecule has 0 unspecified atom stereocenters. The van der Waals surface area contributed by atoms with Crippen LogP contribution < -0.4 is 16.2 Å². The Labute approximate surface area is 89.8 Å². The average molecular weight is 210 g/mol. The van der Waals surface area contributed by atoms with Crippen LogP contribution in [0.1, 0.15) is 24.4 Å². The van der Waals surface area contributed by atoms with Crippen LogP contribution in [0.5, 0.6) is 11.5 Å². The molecule has 1 atom stereocenters. The predicted molar refractivity (Wildman–Crippen MR) is 59.9 cm³/mol. The van der Waals surface area contributed by atoms with Gasteiger partial charge in [-0.05, 0) is 25.5 Å². The first-order valence-corrected chi connectivity index (χ1v) is 5.01. The number of phenols is 1. The summed E-state index contributed by atoms with van der Waals surface area (Å²) in [6, 6.07) is 4.87. The molecule has 0 saturated heterocycles. The second-order valence-corrected chi connectivity index (χ2v) is 3.46. The zero-order chi connectivity index (χ0) is 11.3. The summed E-state index contributed by atoms with van der Waals surface area (Å²) in [7, 11) is 1.56. The second kappa shape index (κ2) is 5.58. The van der Waals surface area contributed by atoms with Gasteiger partial charge >= 0.3 is 0 Å². The van der Waals surface area contributed by atoms with Crippen molar-refractivity contribution < 1.29 is 9.84 Å². The van der Waals surface area contributed by atoms with Crippen molar-refractivity contribution in [1.82, 2.24) is 0 Å². The van der Waals surface area contributed by atoms with Crippen LogP contribution in [0, 0.1) is 0 Å². The number of hydrogen-bond acceptors (Lipinski definition) is 4. The number of nitrogens with two attached hydrogens (primary N) is 2. The molecule has 0 spiro atoms. The Kier molecular flexibility index (Phi) is 4.39. The second-order valence-electron chi connectivity index (χ2n) is 3.46.